The molecule has 6 nitrogen and oxygen atoms in total. The van der Waals surface area contributed by atoms with Crippen LogP contribution in [0.2, 0.25) is 0 Å². The highest BCUT2D eigenvalue weighted by Gasteiger charge is 2.33. The first kappa shape index (κ1) is 15.7. The van der Waals surface area contributed by atoms with Crippen LogP contribution in [0.5, 0.6) is 0 Å². The Hall–Kier alpha value is -0.700. The van der Waals surface area contributed by atoms with Crippen LogP contribution in [0, 0.1) is 12.8 Å². The van der Waals surface area contributed by atoms with E-state index in [1.165, 1.54) is 6.92 Å². The molecule has 1 amide bonds. The molecule has 9 heteroatoms. The summed E-state index contributed by atoms with van der Waals surface area (Å²) >= 11 is 0.859. The number of aryl methyl sites for hydroxylation is 1. The third kappa shape index (κ3) is 3.30. The number of rotatable bonds is 4. The van der Waals surface area contributed by atoms with Gasteiger partial charge in [-0.3, -0.25) is 4.79 Å². The summed E-state index contributed by atoms with van der Waals surface area (Å²) in [5.41, 5.74) is 0.287. The molecule has 1 aliphatic heterocycles. The maximum Gasteiger partial charge on any atom is 0.272 e. The maximum absolute atomic E-state index is 12.1. The van der Waals surface area contributed by atoms with Gasteiger partial charge in [0.1, 0.15) is 0 Å². The monoisotopic (exact) mass is 338 g/mol. The van der Waals surface area contributed by atoms with Crippen LogP contribution in [0.15, 0.2) is 4.21 Å². The summed E-state index contributed by atoms with van der Waals surface area (Å²) in [6.45, 7) is 4.06. The third-order valence-corrected chi connectivity index (χ3v) is 6.41. The maximum atomic E-state index is 12.1. The molecule has 112 valence electrons. The molecule has 2 atom stereocenters. The van der Waals surface area contributed by atoms with Crippen molar-refractivity contribution < 1.29 is 17.9 Å². The topological polar surface area (TPSA) is 85.4 Å². The second kappa shape index (κ2) is 5.97. The first-order valence-electron chi connectivity index (χ1n) is 6.17. The molecule has 1 saturated heterocycles. The molecular weight excluding hydrogens is 324 g/mol. The highest BCUT2D eigenvalue weighted by Crippen LogP contribution is 2.31. The van der Waals surface area contributed by atoms with Gasteiger partial charge in [0.25, 0.3) is 9.05 Å². The zero-order valence-electron chi connectivity index (χ0n) is 11.1. The molecule has 2 heterocycles. The van der Waals surface area contributed by atoms with Crippen LogP contribution in [0.25, 0.3) is 0 Å². The van der Waals surface area contributed by atoms with Crippen molar-refractivity contribution in [3.63, 3.8) is 0 Å². The molecule has 1 N–H and O–H groups in total. The number of thiazole rings is 1. The van der Waals surface area contributed by atoms with Crippen LogP contribution in [-0.2, 0) is 18.6 Å². The Morgan fingerprint density at radius 1 is 1.60 bits per heavy atom. The Morgan fingerprint density at radius 2 is 2.30 bits per heavy atom. The molecule has 0 radical (unpaired) electrons. The molecule has 2 rings (SSSR count). The third-order valence-electron chi connectivity index (χ3n) is 3.15. The number of halogens is 1. The lowest BCUT2D eigenvalue weighted by Crippen LogP contribution is -2.29. The number of amides is 1. The minimum atomic E-state index is -3.83. The van der Waals surface area contributed by atoms with E-state index in [1.54, 1.807) is 0 Å². The van der Waals surface area contributed by atoms with E-state index in [0.717, 1.165) is 17.8 Å². The molecule has 0 aromatic carbocycles. The number of carbonyl (C=O) groups excluding carboxylic acids is 1. The van der Waals surface area contributed by atoms with E-state index in [0.29, 0.717) is 13.0 Å². The van der Waals surface area contributed by atoms with Gasteiger partial charge < -0.3 is 10.1 Å². The fraction of sp³-hybridized carbons (Fsp3) is 0.636. The summed E-state index contributed by atoms with van der Waals surface area (Å²) in [5.74, 6) is -0.415. The van der Waals surface area contributed by atoms with Gasteiger partial charge in [0.2, 0.25) is 5.91 Å². The summed E-state index contributed by atoms with van der Waals surface area (Å²) < 4.78 is 28.0. The number of nitrogens with zero attached hydrogens (tertiary/aromatic N) is 1. The fourth-order valence-electron chi connectivity index (χ4n) is 2.21. The van der Waals surface area contributed by atoms with Crippen LogP contribution in [-0.4, -0.2) is 32.0 Å². The first-order chi connectivity index (χ1) is 9.32. The van der Waals surface area contributed by atoms with Crippen LogP contribution in [0.1, 0.15) is 25.5 Å². The number of ether oxygens (including phenoxy) is 1. The number of aromatic nitrogens is 1. The highest BCUT2D eigenvalue weighted by molar-refractivity contribution is 8.15. The number of hydrogen-bond donors (Lipinski definition) is 1. The van der Waals surface area contributed by atoms with Crippen LogP contribution >= 0.6 is 22.0 Å². The minimum absolute atomic E-state index is 0.0378. The van der Waals surface area contributed by atoms with Gasteiger partial charge in [0, 0.05) is 17.3 Å². The Labute approximate surface area is 125 Å². The summed E-state index contributed by atoms with van der Waals surface area (Å²) in [4.78, 5) is 16.2. The lowest BCUT2D eigenvalue weighted by atomic mass is 9.99. The molecule has 2 unspecified atom stereocenters. The Bertz CT molecular complexity index is 614. The fourth-order valence-corrected chi connectivity index (χ4v) is 4.57. The summed E-state index contributed by atoms with van der Waals surface area (Å²) in [7, 11) is 1.47. The van der Waals surface area contributed by atoms with Crippen molar-refractivity contribution in [3.05, 3.63) is 5.69 Å². The Morgan fingerprint density at radius 3 is 2.85 bits per heavy atom. The van der Waals surface area contributed by atoms with E-state index >= 15 is 0 Å². The van der Waals surface area contributed by atoms with Gasteiger partial charge in [-0.05, 0) is 19.8 Å². The quantitative estimate of drug-likeness (QED) is 0.850. The summed E-state index contributed by atoms with van der Waals surface area (Å²) in [5, 5.41) is 2.89. The van der Waals surface area contributed by atoms with E-state index in [9.17, 15) is 13.2 Å². The summed E-state index contributed by atoms with van der Waals surface area (Å²) in [6.07, 6.45) is 1.33. The van der Waals surface area contributed by atoms with Crippen LogP contribution < -0.4 is 5.32 Å². The van der Waals surface area contributed by atoms with Gasteiger partial charge in [-0.15, -0.1) is 0 Å². The smallest absolute Gasteiger partial charge is 0.272 e. The lowest BCUT2D eigenvalue weighted by Gasteiger charge is -2.15. The zero-order chi connectivity index (χ0) is 14.9. The molecule has 0 spiro atoms. The zero-order valence-corrected chi connectivity index (χ0v) is 13.4. The van der Waals surface area contributed by atoms with E-state index in [4.69, 9.17) is 15.4 Å². The minimum Gasteiger partial charge on any atom is -0.377 e. The Kier molecular flexibility index (Phi) is 4.68. The van der Waals surface area contributed by atoms with E-state index in [1.807, 2.05) is 6.92 Å². The predicted molar refractivity (Wildman–Crippen MR) is 76.7 cm³/mol. The van der Waals surface area contributed by atoms with Crippen LogP contribution in [0.4, 0.5) is 5.13 Å². The normalized spacial score (nSPS) is 22.9. The van der Waals surface area contributed by atoms with Gasteiger partial charge in [-0.2, -0.15) is 0 Å². The van der Waals surface area contributed by atoms with Gasteiger partial charge in [-0.1, -0.05) is 18.3 Å². The van der Waals surface area contributed by atoms with Crippen molar-refractivity contribution in [2.24, 2.45) is 5.92 Å². The van der Waals surface area contributed by atoms with Gasteiger partial charge >= 0.3 is 0 Å². The molecule has 1 fully saturated rings. The first-order valence-corrected chi connectivity index (χ1v) is 9.30. The van der Waals surface area contributed by atoms with Crippen molar-refractivity contribution in [1.82, 2.24) is 4.98 Å². The molecular formula is C11H15ClN2O4S2. The van der Waals surface area contributed by atoms with Crippen molar-refractivity contribution in [1.29, 1.82) is 0 Å². The average molecular weight is 339 g/mol. The summed E-state index contributed by atoms with van der Waals surface area (Å²) in [6, 6.07) is 0. The van der Waals surface area contributed by atoms with Crippen LogP contribution in [0.3, 0.4) is 0 Å². The molecule has 1 aromatic rings. The largest absolute Gasteiger partial charge is 0.377 e. The lowest BCUT2D eigenvalue weighted by molar-refractivity contribution is -0.121. The van der Waals surface area contributed by atoms with E-state index in [-0.39, 0.29) is 33.0 Å². The highest BCUT2D eigenvalue weighted by atomic mass is 35.7. The molecule has 0 aliphatic carbocycles. The van der Waals surface area contributed by atoms with E-state index in [2.05, 4.69) is 10.3 Å². The average Bonchev–Trinajstić information content (AvgIpc) is 2.94. The second-order valence-corrected chi connectivity index (χ2v) is 8.29. The predicted octanol–water partition coefficient (Wildman–Crippen LogP) is 2.13. The number of hydrogen-bond acceptors (Lipinski definition) is 6. The van der Waals surface area contributed by atoms with Gasteiger partial charge in [-0.25, -0.2) is 13.4 Å². The number of anilines is 1. The van der Waals surface area contributed by atoms with Gasteiger partial charge in [0.05, 0.1) is 17.7 Å². The number of carbonyl (C=O) groups is 1. The molecule has 1 aliphatic rings. The SMILES string of the molecule is CCC1OCCC1C(=O)Nc1nc(C)c(S(=O)(=O)Cl)s1. The Balaban J connectivity index is 2.13. The van der Waals surface area contributed by atoms with Gasteiger partial charge in [0.15, 0.2) is 9.34 Å². The number of nitrogens with one attached hydrogen (secondary N) is 1. The van der Waals surface area contributed by atoms with Crippen molar-refractivity contribution >= 4 is 42.1 Å². The molecule has 0 bridgehead atoms. The molecule has 1 aromatic heterocycles. The van der Waals surface area contributed by atoms with Crippen molar-refractivity contribution in [3.8, 4) is 0 Å². The van der Waals surface area contributed by atoms with Crippen molar-refractivity contribution in [2.45, 2.75) is 37.0 Å². The van der Waals surface area contributed by atoms with E-state index < -0.39 is 9.05 Å². The second-order valence-electron chi connectivity index (χ2n) is 4.53. The molecule has 0 saturated carbocycles. The standard InChI is InChI=1S/C11H15ClN2O4S2/c1-3-8-7(4-5-18-8)9(15)14-11-13-6(2)10(19-11)20(12,16)17/h7-8H,3-5H2,1-2H3,(H,13,14,15). The van der Waals surface area contributed by atoms with Crippen molar-refractivity contribution in [2.75, 3.05) is 11.9 Å². The molecule has 20 heavy (non-hydrogen) atoms.